The van der Waals surface area contributed by atoms with Crippen LogP contribution < -0.4 is 5.32 Å². The summed E-state index contributed by atoms with van der Waals surface area (Å²) in [7, 11) is 0. The number of rotatable bonds is 1. The summed E-state index contributed by atoms with van der Waals surface area (Å²) < 4.78 is 0.931. The Morgan fingerprint density at radius 3 is 2.60 bits per heavy atom. The van der Waals surface area contributed by atoms with E-state index in [-0.39, 0.29) is 5.91 Å². The number of nitrogens with zero attached hydrogens (tertiary/aromatic N) is 1. The minimum Gasteiger partial charge on any atom is -0.320 e. The maximum Gasteiger partial charge on any atom is 0.275 e. The lowest BCUT2D eigenvalue weighted by Gasteiger charge is -2.02. The molecule has 1 aliphatic heterocycles. The number of anilines is 1. The molecule has 0 spiro atoms. The highest BCUT2D eigenvalue weighted by Crippen LogP contribution is 2.29. The molecule has 0 atom stereocenters. The van der Waals surface area contributed by atoms with E-state index in [0.717, 1.165) is 21.4 Å². The Morgan fingerprint density at radius 1 is 1.05 bits per heavy atom. The Hall–Kier alpha value is -1.94. The molecule has 0 fully saturated rings. The maximum atomic E-state index is 12.0. The van der Waals surface area contributed by atoms with Crippen molar-refractivity contribution in [2.75, 3.05) is 5.32 Å². The second-order valence-corrected chi connectivity index (χ2v) is 5.79. The van der Waals surface area contributed by atoms with E-state index in [1.807, 2.05) is 43.3 Å². The molecule has 3 rings (SSSR count). The van der Waals surface area contributed by atoms with E-state index in [9.17, 15) is 4.79 Å². The van der Waals surface area contributed by atoms with Gasteiger partial charge < -0.3 is 5.32 Å². The Bertz CT molecular complexity index is 750. The molecule has 20 heavy (non-hydrogen) atoms. The van der Waals surface area contributed by atoms with Crippen molar-refractivity contribution in [2.24, 2.45) is 4.99 Å². The molecule has 0 saturated carbocycles. The Balaban J connectivity index is 2.10. The first-order valence-corrected chi connectivity index (χ1v) is 7.11. The number of hydrogen-bond donors (Lipinski definition) is 1. The van der Waals surface area contributed by atoms with E-state index >= 15 is 0 Å². The molecule has 1 N–H and O–H groups in total. The first kappa shape index (κ1) is 13.1. The summed E-state index contributed by atoms with van der Waals surface area (Å²) in [6.07, 6.45) is 0. The molecule has 2 aromatic rings. The van der Waals surface area contributed by atoms with E-state index in [2.05, 4.69) is 33.2 Å². The van der Waals surface area contributed by atoms with Gasteiger partial charge in [0.2, 0.25) is 0 Å². The first-order valence-electron chi connectivity index (χ1n) is 6.32. The van der Waals surface area contributed by atoms with Crippen LogP contribution in [0.25, 0.3) is 0 Å². The molecule has 0 unspecified atom stereocenters. The van der Waals surface area contributed by atoms with Crippen LogP contribution in [-0.4, -0.2) is 11.6 Å². The van der Waals surface area contributed by atoms with Gasteiger partial charge in [-0.25, -0.2) is 4.99 Å². The van der Waals surface area contributed by atoms with Crippen molar-refractivity contribution in [3.05, 3.63) is 57.6 Å². The highest BCUT2D eigenvalue weighted by atomic mass is 79.9. The fourth-order valence-electron chi connectivity index (χ4n) is 2.16. The van der Waals surface area contributed by atoms with Gasteiger partial charge in [-0.05, 0) is 55.3 Å². The summed E-state index contributed by atoms with van der Waals surface area (Å²) in [6, 6.07) is 11.6. The van der Waals surface area contributed by atoms with E-state index in [4.69, 9.17) is 0 Å². The highest BCUT2D eigenvalue weighted by Gasteiger charge is 2.25. The van der Waals surface area contributed by atoms with Gasteiger partial charge in [-0.3, -0.25) is 4.79 Å². The van der Waals surface area contributed by atoms with Crippen LogP contribution in [0.15, 0.2) is 45.9 Å². The second-order valence-electron chi connectivity index (χ2n) is 4.87. The number of aliphatic imine (C=N–C) groups is 1. The van der Waals surface area contributed by atoms with Crippen molar-refractivity contribution in [1.82, 2.24) is 0 Å². The monoisotopic (exact) mass is 328 g/mol. The van der Waals surface area contributed by atoms with Gasteiger partial charge in [-0.15, -0.1) is 0 Å². The van der Waals surface area contributed by atoms with Crippen molar-refractivity contribution < 1.29 is 4.79 Å². The largest absolute Gasteiger partial charge is 0.320 e. The molecule has 2 aromatic carbocycles. The summed E-state index contributed by atoms with van der Waals surface area (Å²) in [5, 5.41) is 2.83. The zero-order valence-corrected chi connectivity index (χ0v) is 12.8. The van der Waals surface area contributed by atoms with Gasteiger partial charge >= 0.3 is 0 Å². The molecule has 0 aromatic heterocycles. The number of amides is 1. The third kappa shape index (κ3) is 2.27. The van der Waals surface area contributed by atoms with Crippen molar-refractivity contribution in [3.8, 4) is 0 Å². The lowest BCUT2D eigenvalue weighted by molar-refractivity contribution is -0.110. The van der Waals surface area contributed by atoms with Gasteiger partial charge in [0.05, 0.1) is 11.4 Å². The van der Waals surface area contributed by atoms with Crippen LogP contribution in [0.3, 0.4) is 0 Å². The van der Waals surface area contributed by atoms with Crippen molar-refractivity contribution in [3.63, 3.8) is 0 Å². The predicted molar refractivity (Wildman–Crippen MR) is 84.9 cm³/mol. The average Bonchev–Trinajstić information content (AvgIpc) is 2.70. The predicted octanol–water partition coefficient (Wildman–Crippen LogP) is 4.14. The standard InChI is InChI=1S/C16H13BrN2O/c1-9-3-5-12(7-10(9)2)18-15-13-8-11(17)4-6-14(13)19-16(15)20/h3-8H,1-2H3,(H,18,19,20). The number of fused-ring (bicyclic) bond motifs is 1. The number of benzene rings is 2. The van der Waals surface area contributed by atoms with Crippen LogP contribution in [0, 0.1) is 13.8 Å². The summed E-state index contributed by atoms with van der Waals surface area (Å²) in [5.41, 5.74) is 5.28. The average molecular weight is 329 g/mol. The van der Waals surface area contributed by atoms with E-state index in [1.54, 1.807) is 0 Å². The number of carbonyl (C=O) groups excluding carboxylic acids is 1. The number of carbonyl (C=O) groups is 1. The third-order valence-electron chi connectivity index (χ3n) is 3.43. The third-order valence-corrected chi connectivity index (χ3v) is 3.92. The fourth-order valence-corrected chi connectivity index (χ4v) is 2.52. The van der Waals surface area contributed by atoms with Crippen molar-refractivity contribution >= 4 is 38.9 Å². The molecule has 1 aliphatic rings. The quantitative estimate of drug-likeness (QED) is 0.839. The number of hydrogen-bond acceptors (Lipinski definition) is 2. The van der Waals surface area contributed by atoms with Gasteiger partial charge in [0.25, 0.3) is 5.91 Å². The summed E-state index contributed by atoms with van der Waals surface area (Å²) in [6.45, 7) is 4.10. The molecule has 3 nitrogen and oxygen atoms in total. The zero-order valence-electron chi connectivity index (χ0n) is 11.2. The zero-order chi connectivity index (χ0) is 14.3. The SMILES string of the molecule is Cc1ccc(N=C2C(=O)Nc3ccc(Br)cc32)cc1C. The van der Waals surface area contributed by atoms with Gasteiger partial charge in [0.1, 0.15) is 5.71 Å². The van der Waals surface area contributed by atoms with Gasteiger partial charge in [0, 0.05) is 10.0 Å². The fraction of sp³-hybridized carbons (Fsp3) is 0.125. The lowest BCUT2D eigenvalue weighted by atomic mass is 10.1. The molecule has 0 aliphatic carbocycles. The maximum absolute atomic E-state index is 12.0. The highest BCUT2D eigenvalue weighted by molar-refractivity contribution is 9.10. The smallest absolute Gasteiger partial charge is 0.275 e. The van der Waals surface area contributed by atoms with Crippen molar-refractivity contribution in [2.45, 2.75) is 13.8 Å². The molecule has 100 valence electrons. The molecular formula is C16H13BrN2O. The minimum absolute atomic E-state index is 0.156. The van der Waals surface area contributed by atoms with Crippen molar-refractivity contribution in [1.29, 1.82) is 0 Å². The summed E-state index contributed by atoms with van der Waals surface area (Å²) in [4.78, 5) is 16.5. The number of aryl methyl sites for hydroxylation is 2. The van der Waals surface area contributed by atoms with Gasteiger partial charge in [0.15, 0.2) is 0 Å². The van der Waals surface area contributed by atoms with E-state index in [0.29, 0.717) is 5.71 Å². The Kier molecular flexibility index (Phi) is 3.18. The molecule has 1 heterocycles. The summed E-state index contributed by atoms with van der Waals surface area (Å²) >= 11 is 3.42. The Labute approximate surface area is 125 Å². The summed E-state index contributed by atoms with van der Waals surface area (Å²) in [5.74, 6) is -0.156. The molecule has 0 radical (unpaired) electrons. The molecule has 4 heteroatoms. The van der Waals surface area contributed by atoms with Gasteiger partial charge in [-0.2, -0.15) is 0 Å². The van der Waals surface area contributed by atoms with Crippen LogP contribution in [0.2, 0.25) is 0 Å². The number of nitrogens with one attached hydrogen (secondary N) is 1. The molecular weight excluding hydrogens is 316 g/mol. The lowest BCUT2D eigenvalue weighted by Crippen LogP contribution is -2.13. The molecule has 0 bridgehead atoms. The Morgan fingerprint density at radius 2 is 1.85 bits per heavy atom. The first-order chi connectivity index (χ1) is 9.54. The van der Waals surface area contributed by atoms with E-state index in [1.165, 1.54) is 11.1 Å². The molecule has 1 amide bonds. The normalized spacial score (nSPS) is 15.3. The van der Waals surface area contributed by atoms with Crippen LogP contribution in [-0.2, 0) is 4.79 Å². The van der Waals surface area contributed by atoms with E-state index < -0.39 is 0 Å². The van der Waals surface area contributed by atoms with Gasteiger partial charge in [-0.1, -0.05) is 22.0 Å². The minimum atomic E-state index is -0.156. The van der Waals surface area contributed by atoms with Crippen LogP contribution in [0.4, 0.5) is 11.4 Å². The second kappa shape index (κ2) is 4.87. The molecule has 0 saturated heterocycles. The topological polar surface area (TPSA) is 41.5 Å². The van der Waals surface area contributed by atoms with Crippen LogP contribution in [0.5, 0.6) is 0 Å². The number of halogens is 1. The van der Waals surface area contributed by atoms with Crippen LogP contribution in [0.1, 0.15) is 16.7 Å². The van der Waals surface area contributed by atoms with Crippen LogP contribution >= 0.6 is 15.9 Å².